The van der Waals surface area contributed by atoms with Crippen molar-refractivity contribution >= 4 is 68.6 Å². The Kier molecular flexibility index (Phi) is 9.48. The van der Waals surface area contributed by atoms with Crippen LogP contribution in [0.25, 0.3) is 32.9 Å². The van der Waals surface area contributed by atoms with Gasteiger partial charge in [-0.25, -0.2) is 14.2 Å². The van der Waals surface area contributed by atoms with Crippen molar-refractivity contribution in [3.63, 3.8) is 0 Å². The van der Waals surface area contributed by atoms with Crippen molar-refractivity contribution in [2.45, 2.75) is 95.7 Å². The van der Waals surface area contributed by atoms with Crippen LogP contribution < -0.4 is 0 Å². The van der Waals surface area contributed by atoms with Crippen LogP contribution in [0, 0.1) is 29.0 Å². The fourth-order valence-electron chi connectivity index (χ4n) is 8.70. The first-order chi connectivity index (χ1) is 25.7. The Morgan fingerprint density at radius 3 is 2.52 bits per heavy atom. The van der Waals surface area contributed by atoms with Gasteiger partial charge in [-0.1, -0.05) is 46.9 Å². The quantitative estimate of drug-likeness (QED) is 0.165. The van der Waals surface area contributed by atoms with Crippen LogP contribution in [-0.4, -0.2) is 68.8 Å². The minimum absolute atomic E-state index is 0.00145. The number of nitriles is 1. The summed E-state index contributed by atoms with van der Waals surface area (Å²) in [5.74, 6) is -1.07. The first-order valence-corrected chi connectivity index (χ1v) is 19.2. The lowest BCUT2D eigenvalue weighted by atomic mass is 9.79. The second-order valence-corrected chi connectivity index (χ2v) is 16.8. The Hall–Kier alpha value is -3.76. The molecule has 0 N–H and O–H groups in total. The van der Waals surface area contributed by atoms with Gasteiger partial charge in [0.1, 0.15) is 16.3 Å². The van der Waals surface area contributed by atoms with Crippen LogP contribution in [0.15, 0.2) is 30.3 Å². The van der Waals surface area contributed by atoms with E-state index in [1.54, 1.807) is 54.8 Å². The minimum Gasteiger partial charge on any atom is -0.444 e. The third-order valence-corrected chi connectivity index (χ3v) is 12.2. The van der Waals surface area contributed by atoms with E-state index in [0.717, 1.165) is 0 Å². The Labute approximate surface area is 324 Å². The summed E-state index contributed by atoms with van der Waals surface area (Å²) < 4.78 is 57.3. The Bertz CT molecular complexity index is 2250. The fourth-order valence-corrected chi connectivity index (χ4v) is 9.33. The Morgan fingerprint density at radius 1 is 1.07 bits per heavy atom. The van der Waals surface area contributed by atoms with E-state index in [2.05, 4.69) is 11.1 Å². The average molecular weight is 803 g/mol. The van der Waals surface area contributed by atoms with Crippen LogP contribution in [0.2, 0.25) is 15.2 Å². The topological polar surface area (TPSA) is 101 Å². The molecule has 0 spiro atoms. The van der Waals surface area contributed by atoms with Gasteiger partial charge < -0.3 is 23.8 Å². The maximum Gasteiger partial charge on any atom is 0.410 e. The molecule has 284 valence electrons. The predicted molar refractivity (Wildman–Crippen MR) is 198 cm³/mol. The van der Waals surface area contributed by atoms with Crippen LogP contribution in [0.4, 0.5) is 18.0 Å². The number of ether oxygens (including phenoxy) is 2. The van der Waals surface area contributed by atoms with Crippen LogP contribution >= 0.6 is 34.8 Å². The second kappa shape index (κ2) is 13.8. The summed E-state index contributed by atoms with van der Waals surface area (Å²) in [4.78, 5) is 35.2. The highest BCUT2D eigenvalue weighted by atomic mass is 35.5. The lowest BCUT2D eigenvalue weighted by Gasteiger charge is -2.40. The number of alkyl halides is 2. The smallest absolute Gasteiger partial charge is 0.410 e. The summed E-state index contributed by atoms with van der Waals surface area (Å²) >= 11 is 20.0. The highest BCUT2D eigenvalue weighted by Crippen LogP contribution is 2.55. The molecule has 2 amide bonds. The molecule has 9 rings (SSSR count). The summed E-state index contributed by atoms with van der Waals surface area (Å²) in [6, 6.07) is 9.34. The van der Waals surface area contributed by atoms with E-state index < -0.39 is 36.3 Å². The van der Waals surface area contributed by atoms with Crippen LogP contribution in [0.3, 0.4) is 0 Å². The van der Waals surface area contributed by atoms with Crippen molar-refractivity contribution in [2.75, 3.05) is 13.1 Å². The van der Waals surface area contributed by atoms with Gasteiger partial charge in [0.15, 0.2) is 5.82 Å². The molecule has 0 unspecified atom stereocenters. The third-order valence-electron chi connectivity index (χ3n) is 11.1. The zero-order valence-electron chi connectivity index (χ0n) is 29.7. The number of rotatable bonds is 8. The Morgan fingerprint density at radius 2 is 1.83 bits per heavy atom. The number of nitrogens with zero attached hydrogens (tertiary/aromatic N) is 5. The normalized spacial score (nSPS) is 23.8. The van der Waals surface area contributed by atoms with Crippen molar-refractivity contribution in [1.82, 2.24) is 19.4 Å². The van der Waals surface area contributed by atoms with Gasteiger partial charge in [-0.15, -0.1) is 0 Å². The summed E-state index contributed by atoms with van der Waals surface area (Å²) in [6.07, 6.45) is 1.09. The summed E-state index contributed by atoms with van der Waals surface area (Å²) in [6.45, 7) is 2.77. The second-order valence-electron chi connectivity index (χ2n) is 15.7. The van der Waals surface area contributed by atoms with Crippen LogP contribution in [-0.2, 0) is 20.7 Å². The fraction of sp³-hybridized carbons (Fsp3) is 0.487. The molecule has 2 bridgehead atoms. The molecule has 5 aliphatic rings. The van der Waals surface area contributed by atoms with Gasteiger partial charge in [-0.2, -0.15) is 14.0 Å². The number of aromatic nitrogens is 2. The standard InChI is InChI=1S/C39H37Cl3F3N5O4/c1-39(2,3)54-38(52)49-16-20-13-28(49)33(20)50-27(26-14-21(53-37(44)45)17-48(26)36(51)18-9-10-18)15-24-34(50)23-12-19(6-5-11-46)29(31(43)32(23)47-35(24)42)22-7-4-8-25(40)30(22)41/h4,7-8,12,15,18,20-21,26,28,33,37H,5-6,9-10,13-14,16-17H2,1-3H3/t20-,21+,26-,28-,33+/m1/s1. The number of hydrogen-bond acceptors (Lipinski definition) is 6. The van der Waals surface area contributed by atoms with Crippen molar-refractivity contribution < 1.29 is 32.2 Å². The highest BCUT2D eigenvalue weighted by Gasteiger charge is 2.57. The minimum atomic E-state index is -3.03. The van der Waals surface area contributed by atoms with E-state index in [1.165, 1.54) is 0 Å². The number of halogens is 6. The first-order valence-electron chi connectivity index (χ1n) is 18.1. The largest absolute Gasteiger partial charge is 0.444 e. The molecule has 5 atom stereocenters. The molecule has 2 aliphatic carbocycles. The lowest BCUT2D eigenvalue weighted by Crippen LogP contribution is -2.45. The van der Waals surface area contributed by atoms with E-state index >= 15 is 4.39 Å². The average Bonchev–Trinajstić information content (AvgIpc) is 3.38. The number of aryl methyl sites for hydroxylation is 1. The molecule has 5 heterocycles. The van der Waals surface area contributed by atoms with Gasteiger partial charge in [0.2, 0.25) is 5.91 Å². The molecular formula is C39H37Cl3F3N5O4. The molecule has 54 heavy (non-hydrogen) atoms. The Balaban J connectivity index is 1.37. The van der Waals surface area contributed by atoms with Crippen molar-refractivity contribution in [1.29, 1.82) is 5.26 Å². The number of pyridine rings is 1. The lowest BCUT2D eigenvalue weighted by molar-refractivity contribution is -0.160. The number of fused-ring (bicyclic) bond motifs is 4. The van der Waals surface area contributed by atoms with E-state index in [0.29, 0.717) is 58.9 Å². The number of carbonyl (C=O) groups is 2. The monoisotopic (exact) mass is 801 g/mol. The molecule has 3 aliphatic heterocycles. The number of benzene rings is 2. The van der Waals surface area contributed by atoms with Crippen LogP contribution in [0.1, 0.15) is 76.2 Å². The third kappa shape index (κ3) is 6.35. The molecule has 15 heteroatoms. The van der Waals surface area contributed by atoms with Crippen molar-refractivity contribution in [2.24, 2.45) is 11.8 Å². The van der Waals surface area contributed by atoms with Gasteiger partial charge in [0.05, 0.1) is 45.9 Å². The zero-order valence-corrected chi connectivity index (χ0v) is 32.0. The molecular weight excluding hydrogens is 766 g/mol. The summed E-state index contributed by atoms with van der Waals surface area (Å²) in [5, 5.41) is 10.8. The van der Waals surface area contributed by atoms with Gasteiger partial charge in [0, 0.05) is 65.4 Å². The van der Waals surface area contributed by atoms with E-state index in [4.69, 9.17) is 44.3 Å². The van der Waals surface area contributed by atoms with Gasteiger partial charge in [-0.05, 0) is 70.2 Å². The number of hydrogen-bond donors (Lipinski definition) is 0. The molecule has 9 nitrogen and oxygen atoms in total. The number of amides is 2. The predicted octanol–water partition coefficient (Wildman–Crippen LogP) is 9.88. The van der Waals surface area contributed by atoms with Crippen LogP contribution in [0.5, 0.6) is 0 Å². The maximum atomic E-state index is 17.2. The van der Waals surface area contributed by atoms with E-state index in [9.17, 15) is 23.6 Å². The zero-order chi connectivity index (χ0) is 38.4. The number of likely N-dealkylation sites (tertiary alicyclic amines) is 1. The van der Waals surface area contributed by atoms with Gasteiger partial charge in [-0.3, -0.25) is 4.79 Å². The van der Waals surface area contributed by atoms with Gasteiger partial charge >= 0.3 is 12.7 Å². The highest BCUT2D eigenvalue weighted by molar-refractivity contribution is 6.43. The molecule has 4 aromatic rings. The summed E-state index contributed by atoms with van der Waals surface area (Å²) in [7, 11) is 0. The molecule has 2 saturated carbocycles. The summed E-state index contributed by atoms with van der Waals surface area (Å²) in [5.41, 5.74) is 1.35. The maximum absolute atomic E-state index is 17.2. The van der Waals surface area contributed by atoms with Gasteiger partial charge in [0.25, 0.3) is 0 Å². The molecule has 5 fully saturated rings. The van der Waals surface area contributed by atoms with E-state index in [1.807, 2.05) is 10.6 Å². The molecule has 2 aromatic heterocycles. The van der Waals surface area contributed by atoms with Crippen molar-refractivity contribution in [3.05, 3.63) is 62.6 Å². The van der Waals surface area contributed by atoms with Crippen molar-refractivity contribution in [3.8, 4) is 17.2 Å². The molecule has 2 aromatic carbocycles. The molecule has 3 saturated heterocycles. The van der Waals surface area contributed by atoms with E-state index in [-0.39, 0.29) is 81.9 Å². The first kappa shape index (κ1) is 37.2. The SMILES string of the molecule is CC(C)(C)OC(=O)N1C[C@H]2C[C@@H]1[C@H]2n1c([C@H]2C[C@H](OC(F)F)CN2C(=O)C2CC2)cc2c(Cl)nc3c(F)c(-c4cccc(Cl)c4Cl)c(CCC#N)cc3c21. The molecule has 0 radical (unpaired) electrons. The number of carbonyl (C=O) groups excluding carboxylic acids is 2.